The molecule has 2 aromatic rings. The van der Waals surface area contributed by atoms with Gasteiger partial charge in [0.2, 0.25) is 0 Å². The van der Waals surface area contributed by atoms with Crippen LogP contribution in [0.4, 0.5) is 5.69 Å². The van der Waals surface area contributed by atoms with Crippen LogP contribution in [-0.4, -0.2) is 48.7 Å². The van der Waals surface area contributed by atoms with Crippen LogP contribution in [0.25, 0.3) is 0 Å². The smallest absolute Gasteiger partial charge is 0.339 e. The van der Waals surface area contributed by atoms with Gasteiger partial charge >= 0.3 is 5.97 Å². The Balaban J connectivity index is 1.83. The second-order valence-corrected chi connectivity index (χ2v) is 8.37. The number of para-hydroxylation sites is 1. The van der Waals surface area contributed by atoms with Crippen molar-refractivity contribution in [1.29, 1.82) is 0 Å². The lowest BCUT2D eigenvalue weighted by molar-refractivity contribution is 0.0602. The molecule has 3 rings (SSSR count). The Kier molecular flexibility index (Phi) is 4.82. The second-order valence-electron chi connectivity index (χ2n) is 6.14. The van der Waals surface area contributed by atoms with Crippen molar-refractivity contribution in [3.63, 3.8) is 0 Å². The molecule has 1 atom stereocenters. The maximum Gasteiger partial charge on any atom is 0.339 e. The maximum atomic E-state index is 12.6. The van der Waals surface area contributed by atoms with Gasteiger partial charge < -0.3 is 10.1 Å². The van der Waals surface area contributed by atoms with Crippen LogP contribution in [0.2, 0.25) is 0 Å². The summed E-state index contributed by atoms with van der Waals surface area (Å²) in [7, 11) is -1.78. The van der Waals surface area contributed by atoms with Crippen LogP contribution < -0.4 is 5.32 Å². The molecular formula is C17H19N3O5S. The summed E-state index contributed by atoms with van der Waals surface area (Å²) in [5.74, 6) is -0.817. The molecule has 26 heavy (non-hydrogen) atoms. The summed E-state index contributed by atoms with van der Waals surface area (Å²) in [5.41, 5.74) is 1.49. The number of aromatic nitrogens is 2. The molecule has 1 aliphatic rings. The summed E-state index contributed by atoms with van der Waals surface area (Å²) < 4.78 is 29.7. The topological polar surface area (TPSA) is 107 Å². The fraction of sp³-hybridized carbons (Fsp3) is 0.353. The van der Waals surface area contributed by atoms with E-state index in [0.717, 1.165) is 0 Å². The third-order valence-corrected chi connectivity index (χ3v) is 6.17. The number of hydrogen-bond donors (Lipinski definition) is 1. The molecule has 1 aliphatic heterocycles. The van der Waals surface area contributed by atoms with Gasteiger partial charge in [-0.3, -0.25) is 9.48 Å². The minimum atomic E-state index is -3.05. The average molecular weight is 377 g/mol. The molecule has 0 radical (unpaired) electrons. The maximum absolute atomic E-state index is 12.6. The van der Waals surface area contributed by atoms with Crippen LogP contribution in [-0.2, 0) is 14.6 Å². The molecule has 0 saturated carbocycles. The highest BCUT2D eigenvalue weighted by atomic mass is 32.2. The Labute approximate surface area is 151 Å². The molecule has 9 heteroatoms. The number of methoxy groups -OCH3 is 1. The van der Waals surface area contributed by atoms with Crippen molar-refractivity contribution in [2.24, 2.45) is 0 Å². The van der Waals surface area contributed by atoms with Crippen LogP contribution in [0.15, 0.2) is 30.5 Å². The number of carbonyl (C=O) groups is 2. The summed E-state index contributed by atoms with van der Waals surface area (Å²) in [4.78, 5) is 24.4. The molecule has 8 nitrogen and oxygen atoms in total. The standard InChI is InChI=1S/C17H19N3O5S/c1-11-14(9-18-20(11)12-7-8-26(23,24)10-12)16(21)19-15-6-4-3-5-13(15)17(22)25-2/h3-6,9,12H,7-8,10H2,1-2H3,(H,19,21). The average Bonchev–Trinajstić information content (AvgIpc) is 3.16. The Morgan fingerprint density at radius 1 is 1.27 bits per heavy atom. The van der Waals surface area contributed by atoms with E-state index in [9.17, 15) is 18.0 Å². The van der Waals surface area contributed by atoms with Gasteiger partial charge in [-0.05, 0) is 25.5 Å². The minimum absolute atomic E-state index is 0.0295. The zero-order chi connectivity index (χ0) is 18.9. The number of sulfone groups is 1. The van der Waals surface area contributed by atoms with Crippen molar-refractivity contribution in [3.05, 3.63) is 47.3 Å². The molecule has 1 amide bonds. The van der Waals surface area contributed by atoms with Gasteiger partial charge in [0.1, 0.15) is 0 Å². The van der Waals surface area contributed by atoms with Crippen LogP contribution in [0, 0.1) is 6.92 Å². The lowest BCUT2D eigenvalue weighted by Crippen LogP contribution is -2.18. The molecule has 2 heterocycles. The Morgan fingerprint density at radius 2 is 2.00 bits per heavy atom. The van der Waals surface area contributed by atoms with E-state index in [4.69, 9.17) is 4.74 Å². The first-order valence-electron chi connectivity index (χ1n) is 8.05. The van der Waals surface area contributed by atoms with Gasteiger partial charge in [0.25, 0.3) is 5.91 Å². The van der Waals surface area contributed by atoms with Crippen molar-refractivity contribution in [3.8, 4) is 0 Å². The number of nitrogens with zero attached hydrogens (tertiary/aromatic N) is 2. The summed E-state index contributed by atoms with van der Waals surface area (Å²) in [6, 6.07) is 6.27. The van der Waals surface area contributed by atoms with E-state index in [1.54, 1.807) is 35.9 Å². The van der Waals surface area contributed by atoms with Crippen LogP contribution in [0.1, 0.15) is 38.9 Å². The van der Waals surface area contributed by atoms with Crippen LogP contribution in [0.3, 0.4) is 0 Å². The number of ether oxygens (including phenoxy) is 1. The van der Waals surface area contributed by atoms with Gasteiger partial charge in [0, 0.05) is 5.69 Å². The molecule has 0 spiro atoms. The van der Waals surface area contributed by atoms with E-state index in [0.29, 0.717) is 23.4 Å². The van der Waals surface area contributed by atoms with Crippen LogP contribution >= 0.6 is 0 Å². The number of anilines is 1. The number of amides is 1. The fourth-order valence-corrected chi connectivity index (χ4v) is 4.74. The van der Waals surface area contributed by atoms with E-state index >= 15 is 0 Å². The Hall–Kier alpha value is -2.68. The second kappa shape index (κ2) is 6.91. The van der Waals surface area contributed by atoms with E-state index in [1.807, 2.05) is 0 Å². The molecule has 1 aromatic carbocycles. The Morgan fingerprint density at radius 3 is 2.65 bits per heavy atom. The van der Waals surface area contributed by atoms with Crippen molar-refractivity contribution in [1.82, 2.24) is 9.78 Å². The highest BCUT2D eigenvalue weighted by molar-refractivity contribution is 7.91. The van der Waals surface area contributed by atoms with Crippen molar-refractivity contribution in [2.75, 3.05) is 23.9 Å². The predicted octanol–water partition coefficient (Wildman–Crippen LogP) is 1.59. The first-order chi connectivity index (χ1) is 12.3. The van der Waals surface area contributed by atoms with Crippen molar-refractivity contribution >= 4 is 27.4 Å². The third kappa shape index (κ3) is 3.48. The summed E-state index contributed by atoms with van der Waals surface area (Å²) >= 11 is 0. The summed E-state index contributed by atoms with van der Waals surface area (Å²) in [6.07, 6.45) is 1.90. The SMILES string of the molecule is COC(=O)c1ccccc1NC(=O)c1cnn(C2CCS(=O)(=O)C2)c1C. The molecule has 138 valence electrons. The fourth-order valence-electron chi connectivity index (χ4n) is 3.05. The highest BCUT2D eigenvalue weighted by Gasteiger charge is 2.31. The lowest BCUT2D eigenvalue weighted by atomic mass is 10.1. The molecule has 0 bridgehead atoms. The zero-order valence-electron chi connectivity index (χ0n) is 14.4. The number of rotatable bonds is 4. The predicted molar refractivity (Wildman–Crippen MR) is 95.0 cm³/mol. The molecule has 0 aliphatic carbocycles. The summed E-state index contributed by atoms with van der Waals surface area (Å²) in [5, 5.41) is 6.89. The third-order valence-electron chi connectivity index (χ3n) is 4.42. The number of carbonyl (C=O) groups excluding carboxylic acids is 2. The number of hydrogen-bond acceptors (Lipinski definition) is 6. The quantitative estimate of drug-likeness (QED) is 0.811. The lowest BCUT2D eigenvalue weighted by Gasteiger charge is -2.12. The van der Waals surface area contributed by atoms with Gasteiger partial charge in [0.15, 0.2) is 9.84 Å². The Bertz CT molecular complexity index is 965. The number of benzene rings is 1. The molecule has 1 aromatic heterocycles. The van der Waals surface area contributed by atoms with Crippen molar-refractivity contribution < 1.29 is 22.7 Å². The molecule has 1 unspecified atom stereocenters. The first-order valence-corrected chi connectivity index (χ1v) is 9.88. The molecular weight excluding hydrogens is 358 g/mol. The first kappa shape index (κ1) is 18.1. The van der Waals surface area contributed by atoms with Crippen LogP contribution in [0.5, 0.6) is 0 Å². The van der Waals surface area contributed by atoms with Gasteiger partial charge in [-0.15, -0.1) is 0 Å². The van der Waals surface area contributed by atoms with E-state index in [2.05, 4.69) is 10.4 Å². The highest BCUT2D eigenvalue weighted by Crippen LogP contribution is 2.26. The minimum Gasteiger partial charge on any atom is -0.465 e. The van der Waals surface area contributed by atoms with E-state index in [-0.39, 0.29) is 23.1 Å². The number of nitrogens with one attached hydrogen (secondary N) is 1. The van der Waals surface area contributed by atoms with Gasteiger partial charge in [-0.25, -0.2) is 13.2 Å². The number of esters is 1. The van der Waals surface area contributed by atoms with Crippen molar-refractivity contribution in [2.45, 2.75) is 19.4 Å². The normalized spacial score (nSPS) is 18.5. The van der Waals surface area contributed by atoms with E-state index < -0.39 is 21.7 Å². The molecule has 1 N–H and O–H groups in total. The van der Waals surface area contributed by atoms with Gasteiger partial charge in [-0.1, -0.05) is 12.1 Å². The van der Waals surface area contributed by atoms with Gasteiger partial charge in [0.05, 0.1) is 47.7 Å². The largest absolute Gasteiger partial charge is 0.465 e. The monoisotopic (exact) mass is 377 g/mol. The zero-order valence-corrected chi connectivity index (χ0v) is 15.2. The summed E-state index contributed by atoms with van der Waals surface area (Å²) in [6.45, 7) is 1.72. The van der Waals surface area contributed by atoms with E-state index in [1.165, 1.54) is 13.3 Å². The van der Waals surface area contributed by atoms with Gasteiger partial charge in [-0.2, -0.15) is 5.10 Å². The molecule has 1 saturated heterocycles. The molecule has 1 fully saturated rings.